The standard InChI is InChI=1S/C14H15NO2.ClH/c1-17-14(16)9-13(15)12-8-4-6-10-5-2-3-7-11(10)12;/h2-8,13H,9,15H2,1H3;1H/t13-;/m1./s1. The quantitative estimate of drug-likeness (QED) is 0.869. The van der Waals surface area contributed by atoms with E-state index in [9.17, 15) is 4.79 Å². The smallest absolute Gasteiger partial charge is 0.307 e. The Labute approximate surface area is 112 Å². The molecule has 18 heavy (non-hydrogen) atoms. The fourth-order valence-corrected chi connectivity index (χ4v) is 1.95. The number of ether oxygens (including phenoxy) is 1. The van der Waals surface area contributed by atoms with Crippen LogP contribution in [0.5, 0.6) is 0 Å². The van der Waals surface area contributed by atoms with E-state index in [0.29, 0.717) is 0 Å². The fourth-order valence-electron chi connectivity index (χ4n) is 1.95. The van der Waals surface area contributed by atoms with E-state index in [1.165, 1.54) is 7.11 Å². The highest BCUT2D eigenvalue weighted by Crippen LogP contribution is 2.24. The SMILES string of the molecule is COC(=O)C[C@@H](N)c1cccc2ccccc12.Cl. The number of nitrogens with two attached hydrogens (primary N) is 1. The van der Waals surface area contributed by atoms with Gasteiger partial charge in [-0.1, -0.05) is 42.5 Å². The molecule has 0 heterocycles. The van der Waals surface area contributed by atoms with Crippen LogP contribution in [0.3, 0.4) is 0 Å². The Morgan fingerprint density at radius 3 is 2.61 bits per heavy atom. The topological polar surface area (TPSA) is 52.3 Å². The predicted octanol–water partition coefficient (Wildman–Crippen LogP) is 2.82. The number of fused-ring (bicyclic) bond motifs is 1. The molecule has 0 radical (unpaired) electrons. The molecule has 0 unspecified atom stereocenters. The van der Waals surface area contributed by atoms with Gasteiger partial charge in [-0.15, -0.1) is 12.4 Å². The van der Waals surface area contributed by atoms with E-state index in [0.717, 1.165) is 16.3 Å². The van der Waals surface area contributed by atoms with Gasteiger partial charge < -0.3 is 10.5 Å². The molecule has 0 aliphatic carbocycles. The summed E-state index contributed by atoms with van der Waals surface area (Å²) < 4.78 is 4.64. The molecule has 3 nitrogen and oxygen atoms in total. The van der Waals surface area contributed by atoms with Crippen LogP contribution in [0.1, 0.15) is 18.0 Å². The van der Waals surface area contributed by atoms with Crippen LogP contribution in [0.15, 0.2) is 42.5 Å². The van der Waals surface area contributed by atoms with Gasteiger partial charge in [-0.2, -0.15) is 0 Å². The van der Waals surface area contributed by atoms with Crippen LogP contribution in [0, 0.1) is 0 Å². The highest BCUT2D eigenvalue weighted by atomic mass is 35.5. The van der Waals surface area contributed by atoms with Gasteiger partial charge in [-0.25, -0.2) is 0 Å². The number of carbonyl (C=O) groups excluding carboxylic acids is 1. The van der Waals surface area contributed by atoms with E-state index in [2.05, 4.69) is 4.74 Å². The van der Waals surface area contributed by atoms with Gasteiger partial charge >= 0.3 is 5.97 Å². The normalized spacial score (nSPS) is 11.7. The van der Waals surface area contributed by atoms with E-state index in [1.54, 1.807) is 0 Å². The van der Waals surface area contributed by atoms with Crippen molar-refractivity contribution in [2.24, 2.45) is 5.73 Å². The minimum absolute atomic E-state index is 0. The maximum atomic E-state index is 11.2. The van der Waals surface area contributed by atoms with Crippen LogP contribution in [-0.4, -0.2) is 13.1 Å². The van der Waals surface area contributed by atoms with Gasteiger partial charge in [-0.05, 0) is 16.3 Å². The molecule has 0 fully saturated rings. The maximum absolute atomic E-state index is 11.2. The van der Waals surface area contributed by atoms with Gasteiger partial charge in [0.05, 0.1) is 13.5 Å². The first-order valence-corrected chi connectivity index (χ1v) is 5.52. The Bertz CT molecular complexity index is 537. The molecule has 2 aromatic carbocycles. The van der Waals surface area contributed by atoms with Crippen molar-refractivity contribution in [3.05, 3.63) is 48.0 Å². The third kappa shape index (κ3) is 3.00. The second-order valence-electron chi connectivity index (χ2n) is 3.96. The zero-order chi connectivity index (χ0) is 12.3. The summed E-state index contributed by atoms with van der Waals surface area (Å²) in [7, 11) is 1.37. The molecule has 0 aliphatic heterocycles. The summed E-state index contributed by atoms with van der Waals surface area (Å²) in [5.74, 6) is -0.287. The van der Waals surface area contributed by atoms with Crippen molar-refractivity contribution in [2.75, 3.05) is 7.11 Å². The number of hydrogen-bond donors (Lipinski definition) is 1. The molecular weight excluding hydrogens is 250 g/mol. The van der Waals surface area contributed by atoms with Crippen molar-refractivity contribution >= 4 is 29.1 Å². The lowest BCUT2D eigenvalue weighted by atomic mass is 9.97. The number of benzene rings is 2. The monoisotopic (exact) mass is 265 g/mol. The van der Waals surface area contributed by atoms with Crippen molar-refractivity contribution in [1.29, 1.82) is 0 Å². The number of halogens is 1. The molecule has 0 saturated heterocycles. The highest BCUT2D eigenvalue weighted by molar-refractivity contribution is 5.86. The van der Waals surface area contributed by atoms with Crippen molar-refractivity contribution < 1.29 is 9.53 Å². The van der Waals surface area contributed by atoms with Gasteiger partial charge in [0.2, 0.25) is 0 Å². The number of rotatable bonds is 3. The van der Waals surface area contributed by atoms with Crippen molar-refractivity contribution in [3.63, 3.8) is 0 Å². The summed E-state index contributed by atoms with van der Waals surface area (Å²) in [6.07, 6.45) is 0.199. The summed E-state index contributed by atoms with van der Waals surface area (Å²) >= 11 is 0. The van der Waals surface area contributed by atoms with Crippen LogP contribution in [0.2, 0.25) is 0 Å². The Balaban J connectivity index is 0.00000162. The minimum atomic E-state index is -0.325. The lowest BCUT2D eigenvalue weighted by molar-refractivity contribution is -0.141. The van der Waals surface area contributed by atoms with Crippen LogP contribution in [0.25, 0.3) is 10.8 Å². The van der Waals surface area contributed by atoms with Crippen LogP contribution in [0.4, 0.5) is 0 Å². The third-order valence-electron chi connectivity index (χ3n) is 2.84. The van der Waals surface area contributed by atoms with Crippen LogP contribution < -0.4 is 5.73 Å². The van der Waals surface area contributed by atoms with Gasteiger partial charge in [0.1, 0.15) is 0 Å². The molecule has 2 rings (SSSR count). The fraction of sp³-hybridized carbons (Fsp3) is 0.214. The largest absolute Gasteiger partial charge is 0.469 e. The molecule has 2 aromatic rings. The summed E-state index contributed by atoms with van der Waals surface area (Å²) in [4.78, 5) is 11.2. The van der Waals surface area contributed by atoms with E-state index in [1.807, 2.05) is 42.5 Å². The molecule has 0 saturated carbocycles. The van der Waals surface area contributed by atoms with E-state index >= 15 is 0 Å². The molecular formula is C14H16ClNO2. The van der Waals surface area contributed by atoms with E-state index < -0.39 is 0 Å². The Hall–Kier alpha value is -1.58. The number of hydrogen-bond acceptors (Lipinski definition) is 3. The first kappa shape index (κ1) is 14.5. The predicted molar refractivity (Wildman–Crippen MR) is 74.8 cm³/mol. The van der Waals surface area contributed by atoms with E-state index in [4.69, 9.17) is 5.73 Å². The van der Waals surface area contributed by atoms with Gasteiger partial charge in [0, 0.05) is 6.04 Å². The molecule has 0 bridgehead atoms. The summed E-state index contributed by atoms with van der Waals surface area (Å²) in [5, 5.41) is 2.22. The first-order chi connectivity index (χ1) is 8.22. The third-order valence-corrected chi connectivity index (χ3v) is 2.84. The zero-order valence-corrected chi connectivity index (χ0v) is 10.9. The molecule has 2 N–H and O–H groups in total. The molecule has 0 aliphatic rings. The molecule has 4 heteroatoms. The van der Waals surface area contributed by atoms with Gasteiger partial charge in [-0.3, -0.25) is 4.79 Å². The van der Waals surface area contributed by atoms with Gasteiger partial charge in [0.15, 0.2) is 0 Å². The first-order valence-electron chi connectivity index (χ1n) is 5.52. The molecule has 0 amide bonds. The van der Waals surface area contributed by atoms with Gasteiger partial charge in [0.25, 0.3) is 0 Å². The maximum Gasteiger partial charge on any atom is 0.307 e. The zero-order valence-electron chi connectivity index (χ0n) is 10.1. The average Bonchev–Trinajstić information content (AvgIpc) is 2.37. The molecule has 0 aromatic heterocycles. The van der Waals surface area contributed by atoms with Crippen LogP contribution >= 0.6 is 12.4 Å². The van der Waals surface area contributed by atoms with Crippen LogP contribution in [-0.2, 0) is 9.53 Å². The van der Waals surface area contributed by atoms with E-state index in [-0.39, 0.29) is 30.8 Å². The van der Waals surface area contributed by atoms with Crippen molar-refractivity contribution in [2.45, 2.75) is 12.5 Å². The lowest BCUT2D eigenvalue weighted by Gasteiger charge is -2.13. The second-order valence-corrected chi connectivity index (χ2v) is 3.96. The second kappa shape index (κ2) is 6.38. The average molecular weight is 266 g/mol. The summed E-state index contributed by atoms with van der Waals surface area (Å²) in [5.41, 5.74) is 7.02. The Kier molecular flexibility index (Phi) is 5.13. The lowest BCUT2D eigenvalue weighted by Crippen LogP contribution is -2.16. The number of carbonyl (C=O) groups is 1. The summed E-state index contributed by atoms with van der Waals surface area (Å²) in [6, 6.07) is 13.6. The molecule has 1 atom stereocenters. The summed E-state index contributed by atoms with van der Waals surface area (Å²) in [6.45, 7) is 0. The number of methoxy groups -OCH3 is 1. The highest BCUT2D eigenvalue weighted by Gasteiger charge is 2.13. The molecule has 0 spiro atoms. The minimum Gasteiger partial charge on any atom is -0.469 e. The van der Waals surface area contributed by atoms with Crippen molar-refractivity contribution in [1.82, 2.24) is 0 Å². The Morgan fingerprint density at radius 1 is 1.22 bits per heavy atom. The van der Waals surface area contributed by atoms with Crippen molar-refractivity contribution in [3.8, 4) is 0 Å². The number of esters is 1. The molecule has 96 valence electrons. The Morgan fingerprint density at radius 2 is 1.89 bits per heavy atom.